The van der Waals surface area contributed by atoms with E-state index in [1.54, 1.807) is 0 Å². The first-order chi connectivity index (χ1) is 15.7. The number of rotatable bonds is 2. The third-order valence-electron chi connectivity index (χ3n) is 6.46. The maximum Gasteiger partial charge on any atom is 0.204 e. The van der Waals surface area contributed by atoms with Crippen LogP contribution in [0.4, 0.5) is 0 Å². The molecule has 0 unspecified atom stereocenters. The zero-order valence-corrected chi connectivity index (χ0v) is 17.8. The monoisotopic (exact) mass is 416 g/mol. The minimum atomic E-state index is 0.842. The molecule has 7 rings (SSSR count). The van der Waals surface area contributed by atoms with Crippen LogP contribution in [0.1, 0.15) is 11.5 Å². The van der Waals surface area contributed by atoms with Crippen LogP contribution in [0.2, 0.25) is 0 Å². The summed E-state index contributed by atoms with van der Waals surface area (Å²) in [6.45, 7) is 3.94. The molecule has 0 N–H and O–H groups in total. The van der Waals surface area contributed by atoms with Gasteiger partial charge in [0.05, 0.1) is 11.0 Å². The third-order valence-corrected chi connectivity index (χ3v) is 6.46. The quantitative estimate of drug-likeness (QED) is 0.271. The first-order valence-electron chi connectivity index (χ1n) is 10.8. The van der Waals surface area contributed by atoms with Gasteiger partial charge in [-0.2, -0.15) is 0 Å². The number of aryl methyl sites for hydroxylation is 2. The third kappa shape index (κ3) is 2.32. The lowest BCUT2D eigenvalue weighted by molar-refractivity contribution is 0.513. The van der Waals surface area contributed by atoms with E-state index in [2.05, 4.69) is 70.1 Å². The van der Waals surface area contributed by atoms with Crippen LogP contribution >= 0.6 is 0 Å². The van der Waals surface area contributed by atoms with Crippen LogP contribution in [0, 0.1) is 13.8 Å². The summed E-state index contributed by atoms with van der Waals surface area (Å²) in [5.74, 6) is 3.51. The molecule has 4 heterocycles. The Bertz CT molecular complexity index is 1670. The van der Waals surface area contributed by atoms with Crippen molar-refractivity contribution < 1.29 is 8.83 Å². The summed E-state index contributed by atoms with van der Waals surface area (Å²) in [5.41, 5.74) is 2.29. The van der Waals surface area contributed by atoms with E-state index in [0.717, 1.165) is 34.3 Å². The van der Waals surface area contributed by atoms with Crippen LogP contribution in [0.5, 0.6) is 0 Å². The molecular formula is C28H20N2O2. The van der Waals surface area contributed by atoms with E-state index >= 15 is 0 Å². The Hall–Kier alpha value is -4.18. The van der Waals surface area contributed by atoms with Crippen LogP contribution in [0.15, 0.2) is 94.0 Å². The maximum absolute atomic E-state index is 5.86. The highest BCUT2D eigenvalue weighted by Crippen LogP contribution is 2.36. The van der Waals surface area contributed by atoms with Crippen molar-refractivity contribution in [3.8, 4) is 11.8 Å². The van der Waals surface area contributed by atoms with Crippen LogP contribution in [-0.4, -0.2) is 9.13 Å². The summed E-state index contributed by atoms with van der Waals surface area (Å²) >= 11 is 0. The zero-order chi connectivity index (χ0) is 21.4. The first-order valence-corrected chi connectivity index (χ1v) is 10.8. The molecule has 3 aromatic carbocycles. The van der Waals surface area contributed by atoms with Crippen LogP contribution in [0.25, 0.3) is 55.1 Å². The summed E-state index contributed by atoms with van der Waals surface area (Å²) in [6.07, 6.45) is 4.17. The highest BCUT2D eigenvalue weighted by molar-refractivity contribution is 6.21. The summed E-state index contributed by atoms with van der Waals surface area (Å²) in [7, 11) is 0. The van der Waals surface area contributed by atoms with E-state index in [1.807, 2.05) is 38.1 Å². The molecule has 154 valence electrons. The lowest BCUT2D eigenvalue weighted by Crippen LogP contribution is -1.90. The molecule has 0 saturated heterocycles. The van der Waals surface area contributed by atoms with Crippen molar-refractivity contribution in [2.75, 3.05) is 0 Å². The molecule has 0 atom stereocenters. The molecule has 0 spiro atoms. The van der Waals surface area contributed by atoms with Crippen molar-refractivity contribution in [3.05, 3.63) is 96.7 Å². The number of fused-ring (bicyclic) bond motifs is 7. The average molecular weight is 416 g/mol. The largest absolute Gasteiger partial charge is 0.445 e. The Balaban J connectivity index is 1.47. The molecule has 4 aromatic heterocycles. The molecule has 4 nitrogen and oxygen atoms in total. The topological polar surface area (TPSA) is 36.1 Å². The number of aromatic nitrogens is 2. The Morgan fingerprint density at radius 2 is 0.844 bits per heavy atom. The van der Waals surface area contributed by atoms with Crippen molar-refractivity contribution in [2.24, 2.45) is 0 Å². The molecule has 0 bridgehead atoms. The van der Waals surface area contributed by atoms with E-state index < -0.39 is 0 Å². The Morgan fingerprint density at radius 1 is 0.438 bits per heavy atom. The van der Waals surface area contributed by atoms with E-state index in [-0.39, 0.29) is 0 Å². The van der Waals surface area contributed by atoms with Gasteiger partial charge in [-0.1, -0.05) is 24.3 Å². The molecule has 0 saturated carbocycles. The number of furan rings is 2. The van der Waals surface area contributed by atoms with Crippen LogP contribution < -0.4 is 0 Å². The highest BCUT2D eigenvalue weighted by Gasteiger charge is 2.13. The van der Waals surface area contributed by atoms with E-state index in [0.29, 0.717) is 0 Å². The van der Waals surface area contributed by atoms with Crippen LogP contribution in [0.3, 0.4) is 0 Å². The predicted octanol–water partition coefficient (Wildman–Crippen LogP) is 7.68. The van der Waals surface area contributed by atoms with Gasteiger partial charge in [0.1, 0.15) is 11.5 Å². The van der Waals surface area contributed by atoms with Gasteiger partial charge in [-0.25, -0.2) is 0 Å². The van der Waals surface area contributed by atoms with E-state index in [9.17, 15) is 0 Å². The molecule has 0 aliphatic rings. The average Bonchev–Trinajstić information content (AvgIpc) is 3.58. The second-order valence-electron chi connectivity index (χ2n) is 8.39. The van der Waals surface area contributed by atoms with Crippen molar-refractivity contribution in [2.45, 2.75) is 13.8 Å². The van der Waals surface area contributed by atoms with Crippen molar-refractivity contribution in [3.63, 3.8) is 0 Å². The van der Waals surface area contributed by atoms with Gasteiger partial charge < -0.3 is 8.83 Å². The SMILES string of the molecule is Cc1ccc(-n2ccc3c4ccc5c(ccc6c5ccn6-c5ccc(C)o5)c4ccc32)o1. The Morgan fingerprint density at radius 3 is 1.25 bits per heavy atom. The van der Waals surface area contributed by atoms with Gasteiger partial charge in [0.15, 0.2) is 0 Å². The van der Waals surface area contributed by atoms with Crippen molar-refractivity contribution in [1.82, 2.24) is 9.13 Å². The molecule has 0 amide bonds. The molecule has 0 fully saturated rings. The summed E-state index contributed by atoms with van der Waals surface area (Å²) in [5, 5.41) is 7.46. The van der Waals surface area contributed by atoms with Gasteiger partial charge in [-0.3, -0.25) is 9.13 Å². The van der Waals surface area contributed by atoms with Gasteiger partial charge in [0.25, 0.3) is 0 Å². The van der Waals surface area contributed by atoms with Crippen molar-refractivity contribution >= 4 is 43.4 Å². The Labute approximate surface area is 183 Å². The number of benzene rings is 3. The van der Waals surface area contributed by atoms with Gasteiger partial charge in [-0.05, 0) is 71.8 Å². The van der Waals surface area contributed by atoms with Gasteiger partial charge in [0.2, 0.25) is 11.8 Å². The zero-order valence-electron chi connectivity index (χ0n) is 17.8. The second kappa shape index (κ2) is 6.17. The summed E-state index contributed by atoms with van der Waals surface area (Å²) in [4.78, 5) is 0. The molecule has 0 aliphatic carbocycles. The standard InChI is InChI=1S/C28H20N2O2/c1-17-3-11-27(31-17)29-15-13-23-21-5-6-22-20(19(21)7-9-25(23)29)8-10-26-24(22)14-16-30(26)28-12-4-18(2)32-28/h3-16H,1-2H3. The fourth-order valence-electron chi connectivity index (χ4n) is 4.96. The number of hydrogen-bond acceptors (Lipinski definition) is 2. The summed E-state index contributed by atoms with van der Waals surface area (Å²) < 4.78 is 15.9. The maximum atomic E-state index is 5.86. The summed E-state index contributed by atoms with van der Waals surface area (Å²) in [6, 6.07) is 25.7. The highest BCUT2D eigenvalue weighted by atomic mass is 16.4. The normalized spacial score (nSPS) is 12.1. The molecule has 0 radical (unpaired) electrons. The predicted molar refractivity (Wildman–Crippen MR) is 129 cm³/mol. The minimum Gasteiger partial charge on any atom is -0.445 e. The molecule has 0 aliphatic heterocycles. The fourth-order valence-corrected chi connectivity index (χ4v) is 4.96. The lowest BCUT2D eigenvalue weighted by Gasteiger charge is -2.09. The number of nitrogens with zero attached hydrogens (tertiary/aromatic N) is 2. The van der Waals surface area contributed by atoms with Gasteiger partial charge in [-0.15, -0.1) is 0 Å². The molecule has 4 heteroatoms. The number of hydrogen-bond donors (Lipinski definition) is 0. The first kappa shape index (κ1) is 17.5. The second-order valence-corrected chi connectivity index (χ2v) is 8.39. The fraction of sp³-hybridized carbons (Fsp3) is 0.0714. The Kier molecular flexibility index (Phi) is 3.37. The minimum absolute atomic E-state index is 0.842. The van der Waals surface area contributed by atoms with E-state index in [4.69, 9.17) is 8.83 Å². The van der Waals surface area contributed by atoms with E-state index in [1.165, 1.54) is 32.3 Å². The molecule has 32 heavy (non-hydrogen) atoms. The lowest BCUT2D eigenvalue weighted by atomic mass is 9.98. The molecular weight excluding hydrogens is 396 g/mol. The van der Waals surface area contributed by atoms with Gasteiger partial charge in [0, 0.05) is 35.3 Å². The molecule has 7 aromatic rings. The van der Waals surface area contributed by atoms with Gasteiger partial charge >= 0.3 is 0 Å². The smallest absolute Gasteiger partial charge is 0.204 e. The van der Waals surface area contributed by atoms with Crippen molar-refractivity contribution in [1.29, 1.82) is 0 Å². The van der Waals surface area contributed by atoms with Crippen LogP contribution in [-0.2, 0) is 0 Å².